The standard InChI is InChI=1S/C15H23NO2/c1-2-18-15-9-3-12(4-10-15)11-16-13-5-7-14(17)8-6-13/h3-4,9-10,13-14,16-17H,2,5-8,11H2,1H3. The molecule has 0 unspecified atom stereocenters. The predicted octanol–water partition coefficient (Wildman–Crippen LogP) is 2.48. The van der Waals surface area contributed by atoms with Crippen molar-refractivity contribution < 1.29 is 9.84 Å². The lowest BCUT2D eigenvalue weighted by atomic mass is 9.93. The van der Waals surface area contributed by atoms with Crippen molar-refractivity contribution >= 4 is 0 Å². The fraction of sp³-hybridized carbons (Fsp3) is 0.600. The van der Waals surface area contributed by atoms with E-state index >= 15 is 0 Å². The molecule has 0 radical (unpaired) electrons. The molecule has 0 spiro atoms. The molecule has 100 valence electrons. The maximum Gasteiger partial charge on any atom is 0.119 e. The van der Waals surface area contributed by atoms with Crippen LogP contribution in [0.5, 0.6) is 5.75 Å². The van der Waals surface area contributed by atoms with Crippen molar-refractivity contribution in [2.45, 2.75) is 51.3 Å². The van der Waals surface area contributed by atoms with Gasteiger partial charge in [-0.05, 0) is 50.3 Å². The van der Waals surface area contributed by atoms with Crippen LogP contribution < -0.4 is 10.1 Å². The Labute approximate surface area is 109 Å². The van der Waals surface area contributed by atoms with E-state index in [-0.39, 0.29) is 6.10 Å². The summed E-state index contributed by atoms with van der Waals surface area (Å²) >= 11 is 0. The topological polar surface area (TPSA) is 41.5 Å². The van der Waals surface area contributed by atoms with Gasteiger partial charge in [0, 0.05) is 12.6 Å². The molecule has 0 aromatic heterocycles. The second kappa shape index (κ2) is 6.76. The Bertz CT molecular complexity index is 342. The van der Waals surface area contributed by atoms with Gasteiger partial charge in [-0.15, -0.1) is 0 Å². The molecular weight excluding hydrogens is 226 g/mol. The zero-order chi connectivity index (χ0) is 12.8. The number of nitrogens with one attached hydrogen (secondary N) is 1. The zero-order valence-electron chi connectivity index (χ0n) is 11.1. The highest BCUT2D eigenvalue weighted by atomic mass is 16.5. The lowest BCUT2D eigenvalue weighted by Crippen LogP contribution is -2.34. The Morgan fingerprint density at radius 1 is 1.17 bits per heavy atom. The van der Waals surface area contributed by atoms with Crippen LogP contribution in [0.2, 0.25) is 0 Å². The van der Waals surface area contributed by atoms with Crippen LogP contribution in [0.15, 0.2) is 24.3 Å². The normalized spacial score (nSPS) is 23.9. The van der Waals surface area contributed by atoms with Crippen LogP contribution in [0.1, 0.15) is 38.2 Å². The molecule has 0 atom stereocenters. The summed E-state index contributed by atoms with van der Waals surface area (Å²) in [7, 11) is 0. The molecular formula is C15H23NO2. The Hall–Kier alpha value is -1.06. The first-order chi connectivity index (χ1) is 8.78. The highest BCUT2D eigenvalue weighted by Crippen LogP contribution is 2.19. The number of rotatable bonds is 5. The van der Waals surface area contributed by atoms with Crippen LogP contribution in [-0.4, -0.2) is 23.9 Å². The molecule has 2 N–H and O–H groups in total. The Balaban J connectivity index is 1.76. The largest absolute Gasteiger partial charge is 0.494 e. The van der Waals surface area contributed by atoms with Crippen molar-refractivity contribution in [3.63, 3.8) is 0 Å². The Morgan fingerprint density at radius 2 is 1.83 bits per heavy atom. The molecule has 1 saturated carbocycles. The van der Waals surface area contributed by atoms with Gasteiger partial charge in [-0.25, -0.2) is 0 Å². The molecule has 0 amide bonds. The molecule has 1 fully saturated rings. The summed E-state index contributed by atoms with van der Waals surface area (Å²) in [6, 6.07) is 8.81. The average molecular weight is 249 g/mol. The summed E-state index contributed by atoms with van der Waals surface area (Å²) in [6.07, 6.45) is 3.95. The third-order valence-corrected chi connectivity index (χ3v) is 3.53. The summed E-state index contributed by atoms with van der Waals surface area (Å²) in [5, 5.41) is 13.0. The van der Waals surface area contributed by atoms with E-state index in [9.17, 15) is 5.11 Å². The Morgan fingerprint density at radius 3 is 2.44 bits per heavy atom. The monoisotopic (exact) mass is 249 g/mol. The van der Waals surface area contributed by atoms with Gasteiger partial charge in [-0.1, -0.05) is 12.1 Å². The fourth-order valence-electron chi connectivity index (χ4n) is 2.41. The lowest BCUT2D eigenvalue weighted by molar-refractivity contribution is 0.116. The van der Waals surface area contributed by atoms with Crippen molar-refractivity contribution in [2.75, 3.05) is 6.61 Å². The summed E-state index contributed by atoms with van der Waals surface area (Å²) in [4.78, 5) is 0. The second-order valence-corrected chi connectivity index (χ2v) is 4.96. The number of aliphatic hydroxyl groups is 1. The van der Waals surface area contributed by atoms with Crippen molar-refractivity contribution in [1.82, 2.24) is 5.32 Å². The van der Waals surface area contributed by atoms with Gasteiger partial charge in [0.05, 0.1) is 12.7 Å². The van der Waals surface area contributed by atoms with Crippen LogP contribution in [0, 0.1) is 0 Å². The number of aliphatic hydroxyl groups excluding tert-OH is 1. The first kappa shape index (κ1) is 13.4. The fourth-order valence-corrected chi connectivity index (χ4v) is 2.41. The molecule has 1 aromatic rings. The molecule has 0 heterocycles. The maximum absolute atomic E-state index is 9.45. The van der Waals surface area contributed by atoms with Gasteiger partial charge in [0.1, 0.15) is 5.75 Å². The molecule has 18 heavy (non-hydrogen) atoms. The van der Waals surface area contributed by atoms with Crippen LogP contribution in [0.4, 0.5) is 0 Å². The van der Waals surface area contributed by atoms with E-state index in [1.54, 1.807) is 0 Å². The SMILES string of the molecule is CCOc1ccc(CNC2CCC(O)CC2)cc1. The van der Waals surface area contributed by atoms with Crippen molar-refractivity contribution in [3.8, 4) is 5.75 Å². The van der Waals surface area contributed by atoms with E-state index in [2.05, 4.69) is 17.4 Å². The van der Waals surface area contributed by atoms with Crippen LogP contribution >= 0.6 is 0 Å². The highest BCUT2D eigenvalue weighted by Gasteiger charge is 2.18. The maximum atomic E-state index is 9.45. The minimum Gasteiger partial charge on any atom is -0.494 e. The highest BCUT2D eigenvalue weighted by molar-refractivity contribution is 5.27. The first-order valence-corrected chi connectivity index (χ1v) is 6.91. The molecule has 0 bridgehead atoms. The van der Waals surface area contributed by atoms with E-state index in [0.29, 0.717) is 12.6 Å². The van der Waals surface area contributed by atoms with Gasteiger partial charge in [-0.3, -0.25) is 0 Å². The molecule has 2 rings (SSSR count). The van der Waals surface area contributed by atoms with Crippen LogP contribution in [-0.2, 0) is 6.54 Å². The lowest BCUT2D eigenvalue weighted by Gasteiger charge is -2.26. The molecule has 1 aliphatic rings. The number of hydrogen-bond acceptors (Lipinski definition) is 3. The van der Waals surface area contributed by atoms with Crippen LogP contribution in [0.25, 0.3) is 0 Å². The van der Waals surface area contributed by atoms with Crippen molar-refractivity contribution in [3.05, 3.63) is 29.8 Å². The van der Waals surface area contributed by atoms with E-state index in [4.69, 9.17) is 4.74 Å². The van der Waals surface area contributed by atoms with Gasteiger partial charge in [0.2, 0.25) is 0 Å². The second-order valence-electron chi connectivity index (χ2n) is 4.96. The third kappa shape index (κ3) is 4.00. The number of ether oxygens (including phenoxy) is 1. The molecule has 0 saturated heterocycles. The van der Waals surface area contributed by atoms with E-state index in [1.165, 1.54) is 5.56 Å². The van der Waals surface area contributed by atoms with E-state index in [1.807, 2.05) is 19.1 Å². The van der Waals surface area contributed by atoms with Gasteiger partial charge < -0.3 is 15.2 Å². The number of hydrogen-bond donors (Lipinski definition) is 2. The van der Waals surface area contributed by atoms with Gasteiger partial charge in [0.15, 0.2) is 0 Å². The smallest absolute Gasteiger partial charge is 0.119 e. The van der Waals surface area contributed by atoms with Crippen molar-refractivity contribution in [1.29, 1.82) is 0 Å². The summed E-state index contributed by atoms with van der Waals surface area (Å²) in [5.74, 6) is 0.932. The minimum atomic E-state index is -0.0754. The summed E-state index contributed by atoms with van der Waals surface area (Å²) < 4.78 is 5.42. The average Bonchev–Trinajstić information content (AvgIpc) is 2.40. The molecule has 3 heteroatoms. The molecule has 1 aromatic carbocycles. The van der Waals surface area contributed by atoms with E-state index < -0.39 is 0 Å². The van der Waals surface area contributed by atoms with Crippen molar-refractivity contribution in [2.24, 2.45) is 0 Å². The van der Waals surface area contributed by atoms with Crippen LogP contribution in [0.3, 0.4) is 0 Å². The Kier molecular flexibility index (Phi) is 5.02. The number of benzene rings is 1. The summed E-state index contributed by atoms with van der Waals surface area (Å²) in [5.41, 5.74) is 1.28. The quantitative estimate of drug-likeness (QED) is 0.842. The predicted molar refractivity (Wildman–Crippen MR) is 72.7 cm³/mol. The first-order valence-electron chi connectivity index (χ1n) is 6.91. The molecule has 3 nitrogen and oxygen atoms in total. The summed E-state index contributed by atoms with van der Waals surface area (Å²) in [6.45, 7) is 3.60. The minimum absolute atomic E-state index is 0.0754. The molecule has 0 aliphatic heterocycles. The molecule has 1 aliphatic carbocycles. The zero-order valence-corrected chi connectivity index (χ0v) is 11.1. The third-order valence-electron chi connectivity index (χ3n) is 3.53. The van der Waals surface area contributed by atoms with E-state index in [0.717, 1.165) is 38.0 Å². The van der Waals surface area contributed by atoms with Gasteiger partial charge in [-0.2, -0.15) is 0 Å². The van der Waals surface area contributed by atoms with Gasteiger partial charge >= 0.3 is 0 Å². The van der Waals surface area contributed by atoms with Gasteiger partial charge in [0.25, 0.3) is 0 Å².